The van der Waals surface area contributed by atoms with Crippen LogP contribution in [0.2, 0.25) is 0 Å². The minimum absolute atomic E-state index is 0.0271. The third-order valence-corrected chi connectivity index (χ3v) is 6.81. The highest BCUT2D eigenvalue weighted by molar-refractivity contribution is 5.18. The number of halogens is 1. The topological polar surface area (TPSA) is 130 Å². The SMILES string of the molecule is CC.CC1CC(NC(O)(O)O)NC(NC2CC3CCOC3C(C3=CCNCCC3)C2F)N1. The molecule has 0 aromatic heterocycles. The van der Waals surface area contributed by atoms with Crippen LogP contribution in [0.25, 0.3) is 0 Å². The van der Waals surface area contributed by atoms with Crippen molar-refractivity contribution in [2.45, 2.75) is 95.8 Å². The minimum atomic E-state index is -2.97. The van der Waals surface area contributed by atoms with E-state index in [1.54, 1.807) is 0 Å². The summed E-state index contributed by atoms with van der Waals surface area (Å²) in [6, 6.07) is -0.326. The van der Waals surface area contributed by atoms with Crippen LogP contribution in [-0.4, -0.2) is 77.9 Å². The second-order valence-corrected chi connectivity index (χ2v) is 9.19. The summed E-state index contributed by atoms with van der Waals surface area (Å²) in [5, 5.41) is 43.2. The van der Waals surface area contributed by atoms with E-state index >= 15 is 4.39 Å². The maximum atomic E-state index is 15.9. The Morgan fingerprint density at radius 2 is 1.97 bits per heavy atom. The van der Waals surface area contributed by atoms with Gasteiger partial charge in [-0.15, -0.1) is 0 Å². The molecule has 0 radical (unpaired) electrons. The monoisotopic (exact) mass is 459 g/mol. The predicted octanol–water partition coefficient (Wildman–Crippen LogP) is -0.197. The number of fused-ring (bicyclic) bond motifs is 1. The molecule has 0 aromatic carbocycles. The fourth-order valence-electron chi connectivity index (χ4n) is 5.56. The molecule has 9 nitrogen and oxygen atoms in total. The van der Waals surface area contributed by atoms with E-state index in [9.17, 15) is 15.3 Å². The van der Waals surface area contributed by atoms with E-state index in [2.05, 4.69) is 32.7 Å². The van der Waals surface area contributed by atoms with Crippen molar-refractivity contribution >= 4 is 0 Å². The quantitative estimate of drug-likeness (QED) is 0.208. The van der Waals surface area contributed by atoms with Crippen molar-refractivity contribution in [3.8, 4) is 0 Å². The lowest BCUT2D eigenvalue weighted by Crippen LogP contribution is -2.71. The van der Waals surface area contributed by atoms with Crippen LogP contribution in [0.15, 0.2) is 11.6 Å². The number of hydrogen-bond acceptors (Lipinski definition) is 9. The first-order chi connectivity index (χ1) is 15.3. The van der Waals surface area contributed by atoms with Gasteiger partial charge in [0.1, 0.15) is 12.5 Å². The normalized spacial score (nSPS) is 40.5. The lowest BCUT2D eigenvalue weighted by Gasteiger charge is -2.45. The van der Waals surface area contributed by atoms with Gasteiger partial charge in [0.15, 0.2) is 0 Å². The summed E-state index contributed by atoms with van der Waals surface area (Å²) in [7, 11) is 0. The summed E-state index contributed by atoms with van der Waals surface area (Å²) in [5.41, 5.74) is 1.17. The van der Waals surface area contributed by atoms with Crippen LogP contribution in [0.3, 0.4) is 0 Å². The van der Waals surface area contributed by atoms with E-state index in [-0.39, 0.29) is 24.1 Å². The molecule has 1 saturated carbocycles. The lowest BCUT2D eigenvalue weighted by atomic mass is 9.71. The van der Waals surface area contributed by atoms with Crippen molar-refractivity contribution in [3.05, 3.63) is 11.6 Å². The molecule has 0 spiro atoms. The van der Waals surface area contributed by atoms with Crippen LogP contribution >= 0.6 is 0 Å². The molecule has 8 atom stereocenters. The van der Waals surface area contributed by atoms with Crippen LogP contribution in [-0.2, 0) is 4.74 Å². The Morgan fingerprint density at radius 1 is 1.19 bits per heavy atom. The van der Waals surface area contributed by atoms with E-state index < -0.39 is 24.7 Å². The van der Waals surface area contributed by atoms with Crippen LogP contribution in [0.5, 0.6) is 0 Å². The molecule has 4 rings (SSSR count). The molecule has 10 heteroatoms. The molecule has 8 unspecified atom stereocenters. The fourth-order valence-corrected chi connectivity index (χ4v) is 5.56. The first kappa shape index (κ1) is 25.9. The summed E-state index contributed by atoms with van der Waals surface area (Å²) < 4.78 is 21.9. The Morgan fingerprint density at radius 3 is 2.72 bits per heavy atom. The largest absolute Gasteiger partial charge is 0.377 e. The van der Waals surface area contributed by atoms with E-state index in [0.717, 1.165) is 32.4 Å². The van der Waals surface area contributed by atoms with Gasteiger partial charge in [0, 0.05) is 31.2 Å². The number of rotatable bonds is 5. The smallest absolute Gasteiger partial charge is 0.344 e. The second-order valence-electron chi connectivity index (χ2n) is 9.19. The van der Waals surface area contributed by atoms with Crippen molar-refractivity contribution in [1.82, 2.24) is 26.6 Å². The van der Waals surface area contributed by atoms with Crippen LogP contribution in [0.4, 0.5) is 4.39 Å². The predicted molar refractivity (Wildman–Crippen MR) is 120 cm³/mol. The van der Waals surface area contributed by atoms with Crippen LogP contribution < -0.4 is 26.6 Å². The minimum Gasteiger partial charge on any atom is -0.377 e. The fraction of sp³-hybridized carbons (Fsp3) is 0.909. The number of aliphatic hydroxyl groups is 3. The van der Waals surface area contributed by atoms with Crippen LogP contribution in [0.1, 0.15) is 52.9 Å². The van der Waals surface area contributed by atoms with Gasteiger partial charge in [-0.25, -0.2) is 9.71 Å². The molecule has 0 amide bonds. The summed E-state index contributed by atoms with van der Waals surface area (Å²) in [4.78, 5) is 0. The molecule has 1 aliphatic carbocycles. The van der Waals surface area contributed by atoms with Crippen molar-refractivity contribution < 1.29 is 24.4 Å². The Labute approximate surface area is 190 Å². The lowest BCUT2D eigenvalue weighted by molar-refractivity contribution is -0.337. The summed E-state index contributed by atoms with van der Waals surface area (Å²) in [6.07, 6.45) is 1.14. The second kappa shape index (κ2) is 11.6. The number of hydrogen-bond donors (Lipinski definition) is 8. The zero-order chi connectivity index (χ0) is 23.3. The van der Waals surface area contributed by atoms with Crippen molar-refractivity contribution in [2.24, 2.45) is 11.8 Å². The van der Waals surface area contributed by atoms with E-state index in [1.807, 2.05) is 20.8 Å². The third kappa shape index (κ3) is 6.68. The number of ether oxygens (including phenoxy) is 1. The summed E-state index contributed by atoms with van der Waals surface area (Å²) >= 11 is 0. The molecule has 0 aromatic rings. The van der Waals surface area contributed by atoms with Gasteiger partial charge in [-0.05, 0) is 51.5 Å². The zero-order valence-electron chi connectivity index (χ0n) is 19.5. The van der Waals surface area contributed by atoms with Gasteiger partial charge in [-0.1, -0.05) is 25.5 Å². The third-order valence-electron chi connectivity index (χ3n) is 6.81. The zero-order valence-corrected chi connectivity index (χ0v) is 19.5. The van der Waals surface area contributed by atoms with Crippen molar-refractivity contribution in [1.29, 1.82) is 0 Å². The van der Waals surface area contributed by atoms with Gasteiger partial charge >= 0.3 is 6.10 Å². The molecular weight excluding hydrogens is 417 g/mol. The van der Waals surface area contributed by atoms with E-state index in [4.69, 9.17) is 4.74 Å². The molecule has 3 heterocycles. The van der Waals surface area contributed by atoms with Gasteiger partial charge in [-0.3, -0.25) is 16.0 Å². The van der Waals surface area contributed by atoms with Gasteiger partial charge in [-0.2, -0.15) is 0 Å². The Hall–Kier alpha value is -0.690. The Bertz CT molecular complexity index is 620. The van der Waals surface area contributed by atoms with Gasteiger partial charge in [0.05, 0.1) is 12.3 Å². The van der Waals surface area contributed by atoms with Gasteiger partial charge in [0.25, 0.3) is 0 Å². The van der Waals surface area contributed by atoms with Crippen LogP contribution in [0, 0.1) is 11.8 Å². The molecule has 3 fully saturated rings. The average Bonchev–Trinajstić information content (AvgIpc) is 3.01. The Kier molecular flexibility index (Phi) is 9.42. The summed E-state index contributed by atoms with van der Waals surface area (Å²) in [6.45, 7) is 8.37. The highest BCUT2D eigenvalue weighted by Gasteiger charge is 2.49. The molecule has 2 saturated heterocycles. The molecule has 3 aliphatic heterocycles. The number of alkyl halides is 1. The first-order valence-corrected chi connectivity index (χ1v) is 12.2. The van der Waals surface area contributed by atoms with Gasteiger partial charge in [0.2, 0.25) is 0 Å². The maximum absolute atomic E-state index is 15.9. The molecule has 8 N–H and O–H groups in total. The van der Waals surface area contributed by atoms with Crippen molar-refractivity contribution in [2.75, 3.05) is 19.7 Å². The highest BCUT2D eigenvalue weighted by atomic mass is 19.1. The molecule has 4 aliphatic rings. The standard InChI is InChI=1S/C20H36FN5O4.C2H6/c1-11-9-15(26-20(27,28)29)25-19(23-11)24-14-10-13-5-8-30-18(13)16(17(14)21)12-3-2-6-22-7-4-12;1-2/h4,11,13-19,22-29H,2-3,5-10H2,1H3;1-2H3. The number of nitrogens with one attached hydrogen (secondary N) is 5. The first-order valence-electron chi connectivity index (χ1n) is 12.2. The maximum Gasteiger partial charge on any atom is 0.344 e. The average molecular weight is 460 g/mol. The highest BCUT2D eigenvalue weighted by Crippen LogP contribution is 2.44. The van der Waals surface area contributed by atoms with E-state index in [1.165, 1.54) is 5.57 Å². The Balaban J connectivity index is 0.00000141. The molecule has 0 bridgehead atoms. The summed E-state index contributed by atoms with van der Waals surface area (Å²) in [5.74, 6) is 0.0880. The molecule has 32 heavy (non-hydrogen) atoms. The molecule has 186 valence electrons. The van der Waals surface area contributed by atoms with Gasteiger partial charge < -0.3 is 25.4 Å². The van der Waals surface area contributed by atoms with Crippen molar-refractivity contribution in [3.63, 3.8) is 0 Å². The van der Waals surface area contributed by atoms with E-state index in [0.29, 0.717) is 25.4 Å². The molecular formula is C22H42FN5O4.